The van der Waals surface area contributed by atoms with Crippen LogP contribution >= 0.6 is 27.5 Å². The van der Waals surface area contributed by atoms with Crippen LogP contribution in [0.2, 0.25) is 5.02 Å². The average Bonchev–Trinajstić information content (AvgIpc) is 2.19. The number of hydrogen-bond donors (Lipinski definition) is 2. The predicted octanol–water partition coefficient (Wildman–Crippen LogP) is 2.71. The highest BCUT2D eigenvalue weighted by Crippen LogP contribution is 2.32. The molecule has 0 saturated heterocycles. The number of hydrogen-bond acceptors (Lipinski definition) is 2. The Bertz CT molecular complexity index is 354. The van der Waals surface area contributed by atoms with Gasteiger partial charge in [0.2, 0.25) is 0 Å². The zero-order valence-corrected chi connectivity index (χ0v) is 10.5. The normalized spacial score (nSPS) is 13.0. The van der Waals surface area contributed by atoms with Crippen LogP contribution in [0.15, 0.2) is 10.5 Å². The molecule has 0 aliphatic carbocycles. The van der Waals surface area contributed by atoms with E-state index in [1.165, 1.54) is 0 Å². The summed E-state index contributed by atoms with van der Waals surface area (Å²) in [5.41, 5.74) is 8.67. The van der Waals surface area contributed by atoms with E-state index in [2.05, 4.69) is 15.9 Å². The fourth-order valence-corrected chi connectivity index (χ4v) is 2.12. The molecule has 2 nitrogen and oxygen atoms in total. The highest BCUT2D eigenvalue weighted by Gasteiger charge is 2.13. The van der Waals surface area contributed by atoms with Crippen molar-refractivity contribution < 1.29 is 5.11 Å². The Kier molecular flexibility index (Phi) is 3.95. The van der Waals surface area contributed by atoms with Gasteiger partial charge in [-0.15, -0.1) is 0 Å². The van der Waals surface area contributed by atoms with Crippen LogP contribution in [0, 0.1) is 13.8 Å². The van der Waals surface area contributed by atoms with Gasteiger partial charge < -0.3 is 10.8 Å². The van der Waals surface area contributed by atoms with Crippen molar-refractivity contribution in [2.24, 2.45) is 5.73 Å². The maximum atomic E-state index is 8.98. The molecule has 0 radical (unpaired) electrons. The van der Waals surface area contributed by atoms with Gasteiger partial charge >= 0.3 is 0 Å². The van der Waals surface area contributed by atoms with Crippen LogP contribution in [0.4, 0.5) is 0 Å². The zero-order chi connectivity index (χ0) is 10.9. The van der Waals surface area contributed by atoms with Crippen LogP contribution in [0.1, 0.15) is 22.7 Å². The topological polar surface area (TPSA) is 46.2 Å². The van der Waals surface area contributed by atoms with Gasteiger partial charge in [-0.05, 0) is 36.6 Å². The first-order valence-corrected chi connectivity index (χ1v) is 5.47. The van der Waals surface area contributed by atoms with Crippen LogP contribution in [-0.4, -0.2) is 11.7 Å². The van der Waals surface area contributed by atoms with E-state index in [0.717, 1.165) is 21.2 Å². The zero-order valence-electron chi connectivity index (χ0n) is 8.14. The first kappa shape index (κ1) is 12.0. The molecular weight excluding hydrogens is 265 g/mol. The predicted molar refractivity (Wildman–Crippen MR) is 62.6 cm³/mol. The summed E-state index contributed by atoms with van der Waals surface area (Å²) in [6.07, 6.45) is 0. The number of benzene rings is 1. The van der Waals surface area contributed by atoms with Gasteiger partial charge in [-0.2, -0.15) is 0 Å². The lowest BCUT2D eigenvalue weighted by molar-refractivity contribution is 0.267. The minimum atomic E-state index is -0.371. The second-order valence-electron chi connectivity index (χ2n) is 3.30. The van der Waals surface area contributed by atoms with E-state index in [9.17, 15) is 0 Å². The van der Waals surface area contributed by atoms with Gasteiger partial charge in [0.1, 0.15) is 0 Å². The lowest BCUT2D eigenvalue weighted by Gasteiger charge is -2.16. The quantitative estimate of drug-likeness (QED) is 0.874. The third-order valence-electron chi connectivity index (χ3n) is 2.33. The molecular formula is C10H13BrClNO. The maximum Gasteiger partial charge on any atom is 0.0624 e. The van der Waals surface area contributed by atoms with Crippen LogP contribution in [-0.2, 0) is 0 Å². The van der Waals surface area contributed by atoms with E-state index in [0.29, 0.717) is 5.02 Å². The minimum absolute atomic E-state index is 0.0767. The van der Waals surface area contributed by atoms with Gasteiger partial charge in [-0.25, -0.2) is 0 Å². The molecule has 0 amide bonds. The van der Waals surface area contributed by atoms with Crippen LogP contribution in [0.3, 0.4) is 0 Å². The SMILES string of the molecule is Cc1c(Cl)cc(C(N)CO)c(C)c1Br. The molecule has 3 N–H and O–H groups in total. The highest BCUT2D eigenvalue weighted by atomic mass is 79.9. The summed E-state index contributed by atoms with van der Waals surface area (Å²) in [6, 6.07) is 1.45. The fraction of sp³-hybridized carbons (Fsp3) is 0.400. The van der Waals surface area contributed by atoms with Crippen molar-refractivity contribution in [2.75, 3.05) is 6.61 Å². The van der Waals surface area contributed by atoms with E-state index >= 15 is 0 Å². The minimum Gasteiger partial charge on any atom is -0.394 e. The molecule has 4 heteroatoms. The van der Waals surface area contributed by atoms with Gasteiger partial charge in [0.15, 0.2) is 0 Å². The maximum absolute atomic E-state index is 8.98. The van der Waals surface area contributed by atoms with Crippen molar-refractivity contribution in [3.8, 4) is 0 Å². The number of aliphatic hydroxyl groups excluding tert-OH is 1. The summed E-state index contributed by atoms with van der Waals surface area (Å²) in [7, 11) is 0. The molecule has 0 bridgehead atoms. The van der Waals surface area contributed by atoms with E-state index in [-0.39, 0.29) is 12.6 Å². The molecule has 0 fully saturated rings. The number of rotatable bonds is 2. The lowest BCUT2D eigenvalue weighted by atomic mass is 10.0. The molecule has 0 aromatic heterocycles. The molecule has 0 aliphatic heterocycles. The Labute approximate surface area is 97.2 Å². The third kappa shape index (κ3) is 2.11. The van der Waals surface area contributed by atoms with Crippen molar-refractivity contribution in [3.05, 3.63) is 32.3 Å². The second-order valence-corrected chi connectivity index (χ2v) is 4.50. The highest BCUT2D eigenvalue weighted by molar-refractivity contribution is 9.10. The number of nitrogens with two attached hydrogens (primary N) is 1. The second kappa shape index (κ2) is 4.62. The molecule has 1 rings (SSSR count). The molecule has 78 valence electrons. The van der Waals surface area contributed by atoms with Crippen LogP contribution in [0.5, 0.6) is 0 Å². The summed E-state index contributed by atoms with van der Waals surface area (Å²) >= 11 is 9.48. The summed E-state index contributed by atoms with van der Waals surface area (Å²) in [5.74, 6) is 0. The van der Waals surface area contributed by atoms with Gasteiger partial charge in [0, 0.05) is 9.50 Å². The van der Waals surface area contributed by atoms with Crippen molar-refractivity contribution in [1.29, 1.82) is 0 Å². The van der Waals surface area contributed by atoms with Gasteiger partial charge in [0.05, 0.1) is 12.6 Å². The van der Waals surface area contributed by atoms with E-state index in [4.69, 9.17) is 22.4 Å². The van der Waals surface area contributed by atoms with E-state index < -0.39 is 0 Å². The Morgan fingerprint density at radius 2 is 2.07 bits per heavy atom. The summed E-state index contributed by atoms with van der Waals surface area (Å²) in [4.78, 5) is 0. The first-order valence-electron chi connectivity index (χ1n) is 4.30. The molecule has 0 saturated carbocycles. The number of aliphatic hydroxyl groups is 1. The Hall–Kier alpha value is -0.0900. The van der Waals surface area contributed by atoms with Gasteiger partial charge in [-0.3, -0.25) is 0 Å². The monoisotopic (exact) mass is 277 g/mol. The summed E-state index contributed by atoms with van der Waals surface area (Å²) in [6.45, 7) is 3.82. The summed E-state index contributed by atoms with van der Waals surface area (Å²) in [5, 5.41) is 9.65. The molecule has 1 aromatic carbocycles. The van der Waals surface area contributed by atoms with Crippen molar-refractivity contribution in [2.45, 2.75) is 19.9 Å². The molecule has 1 unspecified atom stereocenters. The molecule has 14 heavy (non-hydrogen) atoms. The standard InChI is InChI=1S/C10H13BrClNO/c1-5-7(9(13)4-14)3-8(12)6(2)10(5)11/h3,9,14H,4,13H2,1-2H3. The summed E-state index contributed by atoms with van der Waals surface area (Å²) < 4.78 is 0.962. The van der Waals surface area contributed by atoms with Gasteiger partial charge in [-0.1, -0.05) is 27.5 Å². The number of halogens is 2. The van der Waals surface area contributed by atoms with E-state index in [1.54, 1.807) is 0 Å². The lowest BCUT2D eigenvalue weighted by Crippen LogP contribution is -2.16. The molecule has 0 aliphatic rings. The molecule has 1 aromatic rings. The van der Waals surface area contributed by atoms with Crippen molar-refractivity contribution in [3.63, 3.8) is 0 Å². The Balaban J connectivity index is 3.33. The van der Waals surface area contributed by atoms with E-state index in [1.807, 2.05) is 19.9 Å². The average molecular weight is 279 g/mol. The van der Waals surface area contributed by atoms with Crippen LogP contribution in [0.25, 0.3) is 0 Å². The molecule has 0 spiro atoms. The largest absolute Gasteiger partial charge is 0.394 e. The molecule has 0 heterocycles. The van der Waals surface area contributed by atoms with Crippen molar-refractivity contribution in [1.82, 2.24) is 0 Å². The first-order chi connectivity index (χ1) is 6.49. The Morgan fingerprint density at radius 1 is 1.50 bits per heavy atom. The van der Waals surface area contributed by atoms with Gasteiger partial charge in [0.25, 0.3) is 0 Å². The third-order valence-corrected chi connectivity index (χ3v) is 3.91. The molecule has 1 atom stereocenters. The smallest absolute Gasteiger partial charge is 0.0624 e. The Morgan fingerprint density at radius 3 is 2.57 bits per heavy atom. The van der Waals surface area contributed by atoms with Crippen molar-refractivity contribution >= 4 is 27.5 Å². The fourth-order valence-electron chi connectivity index (χ4n) is 1.35. The van der Waals surface area contributed by atoms with Crippen LogP contribution < -0.4 is 5.73 Å².